The minimum Gasteiger partial charge on any atom is -0.313 e. The van der Waals surface area contributed by atoms with E-state index in [2.05, 4.69) is 84.2 Å². The lowest BCUT2D eigenvalue weighted by molar-refractivity contribution is 0.588. The molecule has 0 amide bonds. The normalized spacial score (nSPS) is 12.4. The summed E-state index contributed by atoms with van der Waals surface area (Å²) in [5.41, 5.74) is 5.46. The van der Waals surface area contributed by atoms with Gasteiger partial charge in [0.25, 0.3) is 0 Å². The molecule has 100 valence electrons. The summed E-state index contributed by atoms with van der Waals surface area (Å²) in [5.74, 6) is 0. The zero-order valence-corrected chi connectivity index (χ0v) is 13.9. The van der Waals surface area contributed by atoms with Gasteiger partial charge in [-0.05, 0) is 78.7 Å². The van der Waals surface area contributed by atoms with Crippen LogP contribution >= 0.6 is 22.6 Å². The first-order valence-corrected chi connectivity index (χ1v) is 7.67. The fraction of sp³-hybridized carbons (Fsp3) is 0.294. The Balaban J connectivity index is 2.24. The van der Waals surface area contributed by atoms with Crippen LogP contribution in [0.2, 0.25) is 0 Å². The molecule has 0 aliphatic heterocycles. The summed E-state index contributed by atoms with van der Waals surface area (Å²) in [6.45, 7) is 4.34. The lowest BCUT2D eigenvalue weighted by Crippen LogP contribution is -2.20. The molecule has 0 radical (unpaired) electrons. The van der Waals surface area contributed by atoms with E-state index >= 15 is 0 Å². The van der Waals surface area contributed by atoms with Crippen molar-refractivity contribution in [2.75, 3.05) is 7.05 Å². The molecule has 0 aliphatic carbocycles. The molecule has 0 heterocycles. The second kappa shape index (κ2) is 6.53. The first kappa shape index (κ1) is 14.5. The molecule has 1 nitrogen and oxygen atoms in total. The predicted molar refractivity (Wildman–Crippen MR) is 90.6 cm³/mol. The first-order valence-electron chi connectivity index (χ1n) is 6.59. The van der Waals surface area contributed by atoms with E-state index < -0.39 is 0 Å². The lowest BCUT2D eigenvalue weighted by atomic mass is 9.94. The molecule has 2 aromatic carbocycles. The highest BCUT2D eigenvalue weighted by Crippen LogP contribution is 2.23. The van der Waals surface area contributed by atoms with Crippen molar-refractivity contribution in [2.24, 2.45) is 0 Å². The van der Waals surface area contributed by atoms with Crippen LogP contribution in [-0.2, 0) is 6.42 Å². The van der Waals surface area contributed by atoms with Gasteiger partial charge in [-0.15, -0.1) is 0 Å². The Hall–Kier alpha value is -0.870. The van der Waals surface area contributed by atoms with E-state index in [1.54, 1.807) is 0 Å². The van der Waals surface area contributed by atoms with Crippen molar-refractivity contribution in [2.45, 2.75) is 26.3 Å². The monoisotopic (exact) mass is 365 g/mol. The largest absolute Gasteiger partial charge is 0.313 e. The summed E-state index contributed by atoms with van der Waals surface area (Å²) >= 11 is 2.35. The van der Waals surface area contributed by atoms with Crippen LogP contribution in [0.25, 0.3) is 0 Å². The number of benzene rings is 2. The van der Waals surface area contributed by atoms with Gasteiger partial charge < -0.3 is 5.32 Å². The Morgan fingerprint density at radius 3 is 2.37 bits per heavy atom. The zero-order chi connectivity index (χ0) is 13.8. The Bertz CT molecular complexity index is 546. The topological polar surface area (TPSA) is 12.0 Å². The molecular formula is C17H20IN. The molecule has 2 rings (SSSR count). The van der Waals surface area contributed by atoms with Gasteiger partial charge in [-0.1, -0.05) is 35.9 Å². The van der Waals surface area contributed by atoms with Crippen molar-refractivity contribution in [3.8, 4) is 0 Å². The average molecular weight is 365 g/mol. The fourth-order valence-corrected chi connectivity index (χ4v) is 2.72. The minimum absolute atomic E-state index is 0.375. The molecule has 0 saturated carbocycles. The van der Waals surface area contributed by atoms with E-state index in [4.69, 9.17) is 0 Å². The highest BCUT2D eigenvalue weighted by atomic mass is 127. The van der Waals surface area contributed by atoms with Crippen LogP contribution in [-0.4, -0.2) is 7.05 Å². The average Bonchev–Trinajstić information content (AvgIpc) is 2.41. The summed E-state index contributed by atoms with van der Waals surface area (Å²) in [6, 6.07) is 15.8. The van der Waals surface area contributed by atoms with Gasteiger partial charge in [-0.3, -0.25) is 0 Å². The van der Waals surface area contributed by atoms with Crippen molar-refractivity contribution in [3.05, 3.63) is 68.3 Å². The second-order valence-corrected chi connectivity index (χ2v) is 6.28. The van der Waals surface area contributed by atoms with Crippen LogP contribution in [0.15, 0.2) is 42.5 Å². The standard InChI is InChI=1S/C17H20IN/c1-12-4-5-13(2)16(10-12)17(19-3)11-14-6-8-15(18)9-7-14/h4-10,17,19H,11H2,1-3H3. The van der Waals surface area contributed by atoms with Crippen molar-refractivity contribution < 1.29 is 0 Å². The number of halogens is 1. The molecule has 19 heavy (non-hydrogen) atoms. The molecule has 0 spiro atoms. The number of hydrogen-bond acceptors (Lipinski definition) is 1. The smallest absolute Gasteiger partial charge is 0.0361 e. The van der Waals surface area contributed by atoms with E-state index in [9.17, 15) is 0 Å². The molecule has 0 saturated heterocycles. The van der Waals surface area contributed by atoms with E-state index in [0.717, 1.165) is 6.42 Å². The van der Waals surface area contributed by atoms with E-state index in [1.165, 1.54) is 25.8 Å². The molecule has 2 heteroatoms. The molecule has 0 bridgehead atoms. The Morgan fingerprint density at radius 1 is 1.05 bits per heavy atom. The van der Waals surface area contributed by atoms with Gasteiger partial charge in [0.05, 0.1) is 0 Å². The molecule has 1 atom stereocenters. The third kappa shape index (κ3) is 3.80. The van der Waals surface area contributed by atoms with Gasteiger partial charge in [0.2, 0.25) is 0 Å². The third-order valence-electron chi connectivity index (χ3n) is 3.51. The summed E-state index contributed by atoms with van der Waals surface area (Å²) < 4.78 is 1.29. The second-order valence-electron chi connectivity index (χ2n) is 5.03. The Kier molecular flexibility index (Phi) is 4.99. The predicted octanol–water partition coefficient (Wildman–Crippen LogP) is 4.41. The Labute approximate surface area is 129 Å². The molecule has 2 aromatic rings. The van der Waals surface area contributed by atoms with Gasteiger partial charge in [-0.2, -0.15) is 0 Å². The van der Waals surface area contributed by atoms with Crippen LogP contribution in [0.1, 0.15) is 28.3 Å². The van der Waals surface area contributed by atoms with Crippen LogP contribution < -0.4 is 5.32 Å². The summed E-state index contributed by atoms with van der Waals surface area (Å²) in [6.07, 6.45) is 1.03. The highest BCUT2D eigenvalue weighted by molar-refractivity contribution is 14.1. The maximum Gasteiger partial charge on any atom is 0.0361 e. The minimum atomic E-state index is 0.375. The van der Waals surface area contributed by atoms with Gasteiger partial charge in [0.15, 0.2) is 0 Å². The van der Waals surface area contributed by atoms with Gasteiger partial charge in [0, 0.05) is 9.61 Å². The van der Waals surface area contributed by atoms with E-state index in [1.807, 2.05) is 7.05 Å². The molecule has 0 fully saturated rings. The van der Waals surface area contributed by atoms with Crippen LogP contribution in [0, 0.1) is 17.4 Å². The van der Waals surface area contributed by atoms with Crippen LogP contribution in [0.4, 0.5) is 0 Å². The van der Waals surface area contributed by atoms with Crippen molar-refractivity contribution in [1.82, 2.24) is 5.32 Å². The van der Waals surface area contributed by atoms with Gasteiger partial charge >= 0.3 is 0 Å². The van der Waals surface area contributed by atoms with Crippen molar-refractivity contribution >= 4 is 22.6 Å². The Morgan fingerprint density at radius 2 is 1.74 bits per heavy atom. The number of likely N-dealkylation sites (N-methyl/N-ethyl adjacent to an activating group) is 1. The maximum absolute atomic E-state index is 3.45. The third-order valence-corrected chi connectivity index (χ3v) is 4.23. The van der Waals surface area contributed by atoms with Crippen molar-refractivity contribution in [1.29, 1.82) is 0 Å². The molecule has 1 unspecified atom stereocenters. The molecule has 0 aromatic heterocycles. The molecular weight excluding hydrogens is 345 g/mol. The SMILES string of the molecule is CNC(Cc1ccc(I)cc1)c1cc(C)ccc1C. The van der Waals surface area contributed by atoms with Crippen molar-refractivity contribution in [3.63, 3.8) is 0 Å². The van der Waals surface area contributed by atoms with Crippen LogP contribution in [0.5, 0.6) is 0 Å². The van der Waals surface area contributed by atoms with E-state index in [-0.39, 0.29) is 0 Å². The maximum atomic E-state index is 3.45. The highest BCUT2D eigenvalue weighted by Gasteiger charge is 2.12. The quantitative estimate of drug-likeness (QED) is 0.792. The molecule has 0 aliphatic rings. The fourth-order valence-electron chi connectivity index (χ4n) is 2.36. The number of rotatable bonds is 4. The summed E-state index contributed by atoms with van der Waals surface area (Å²) in [4.78, 5) is 0. The van der Waals surface area contributed by atoms with Crippen LogP contribution in [0.3, 0.4) is 0 Å². The number of aryl methyl sites for hydroxylation is 2. The van der Waals surface area contributed by atoms with E-state index in [0.29, 0.717) is 6.04 Å². The number of hydrogen-bond donors (Lipinski definition) is 1. The van der Waals surface area contributed by atoms with Gasteiger partial charge in [-0.25, -0.2) is 0 Å². The van der Waals surface area contributed by atoms with Gasteiger partial charge in [0.1, 0.15) is 0 Å². The number of nitrogens with one attached hydrogen (secondary N) is 1. The molecule has 1 N–H and O–H groups in total. The lowest BCUT2D eigenvalue weighted by Gasteiger charge is -2.19. The summed E-state index contributed by atoms with van der Waals surface area (Å²) in [7, 11) is 2.04. The first-order chi connectivity index (χ1) is 9.10. The summed E-state index contributed by atoms with van der Waals surface area (Å²) in [5, 5.41) is 3.45. The zero-order valence-electron chi connectivity index (χ0n) is 11.7.